The van der Waals surface area contributed by atoms with Gasteiger partial charge in [0.05, 0.1) is 19.1 Å². The summed E-state index contributed by atoms with van der Waals surface area (Å²) in [5, 5.41) is 9.87. The standard InChI is InChI=1S/C23H28N2O3/c1-18-6-5-9-20(14-18)16-23(28)24-11-10-22(27)25(13-12-24)21(17-26)15-19-7-3-2-4-8-19/h2-9,14,21,26H,10-13,15-17H2,1H3. The molecule has 3 rings (SSSR count). The highest BCUT2D eigenvalue weighted by Gasteiger charge is 2.28. The topological polar surface area (TPSA) is 60.9 Å². The SMILES string of the molecule is Cc1cccc(CC(=O)N2CCC(=O)N(C(CO)Cc3ccccc3)CC2)c1. The van der Waals surface area contributed by atoms with E-state index < -0.39 is 0 Å². The van der Waals surface area contributed by atoms with Crippen LogP contribution in [0.25, 0.3) is 0 Å². The summed E-state index contributed by atoms with van der Waals surface area (Å²) in [5.41, 5.74) is 3.22. The van der Waals surface area contributed by atoms with Crippen LogP contribution in [0.2, 0.25) is 0 Å². The molecular weight excluding hydrogens is 352 g/mol. The maximum absolute atomic E-state index is 12.7. The first kappa shape index (κ1) is 20.1. The van der Waals surface area contributed by atoms with Gasteiger partial charge in [-0.3, -0.25) is 9.59 Å². The smallest absolute Gasteiger partial charge is 0.227 e. The molecule has 1 unspecified atom stereocenters. The first-order chi connectivity index (χ1) is 13.6. The minimum Gasteiger partial charge on any atom is -0.394 e. The fourth-order valence-corrected chi connectivity index (χ4v) is 3.74. The first-order valence-corrected chi connectivity index (χ1v) is 9.84. The van der Waals surface area contributed by atoms with Gasteiger partial charge in [0, 0.05) is 26.1 Å². The van der Waals surface area contributed by atoms with E-state index in [2.05, 4.69) is 0 Å². The monoisotopic (exact) mass is 380 g/mol. The van der Waals surface area contributed by atoms with E-state index in [9.17, 15) is 14.7 Å². The number of carbonyl (C=O) groups is 2. The van der Waals surface area contributed by atoms with Gasteiger partial charge in [0.25, 0.3) is 0 Å². The van der Waals surface area contributed by atoms with Crippen LogP contribution in [0.1, 0.15) is 23.1 Å². The van der Waals surface area contributed by atoms with Gasteiger partial charge < -0.3 is 14.9 Å². The molecule has 0 aromatic heterocycles. The Morgan fingerprint density at radius 2 is 1.79 bits per heavy atom. The van der Waals surface area contributed by atoms with Crippen LogP contribution in [0.4, 0.5) is 0 Å². The van der Waals surface area contributed by atoms with Crippen LogP contribution in [0.5, 0.6) is 0 Å². The highest BCUT2D eigenvalue weighted by molar-refractivity contribution is 5.81. The lowest BCUT2D eigenvalue weighted by molar-refractivity contribution is -0.133. The van der Waals surface area contributed by atoms with Gasteiger partial charge in [-0.05, 0) is 24.5 Å². The Labute approximate surface area is 166 Å². The maximum atomic E-state index is 12.7. The van der Waals surface area contributed by atoms with Gasteiger partial charge >= 0.3 is 0 Å². The quantitative estimate of drug-likeness (QED) is 0.836. The Balaban J connectivity index is 1.63. The number of amides is 2. The van der Waals surface area contributed by atoms with Crippen molar-refractivity contribution >= 4 is 11.8 Å². The van der Waals surface area contributed by atoms with Crippen molar-refractivity contribution in [3.63, 3.8) is 0 Å². The normalized spacial score (nSPS) is 16.0. The minimum atomic E-state index is -0.262. The lowest BCUT2D eigenvalue weighted by Crippen LogP contribution is -2.45. The predicted octanol–water partition coefficient (Wildman–Crippen LogP) is 2.20. The summed E-state index contributed by atoms with van der Waals surface area (Å²) in [7, 11) is 0. The first-order valence-electron chi connectivity index (χ1n) is 9.84. The van der Waals surface area contributed by atoms with E-state index in [1.165, 1.54) is 0 Å². The zero-order valence-corrected chi connectivity index (χ0v) is 16.4. The lowest BCUT2D eigenvalue weighted by Gasteiger charge is -2.30. The van der Waals surface area contributed by atoms with Crippen LogP contribution in [-0.4, -0.2) is 59.0 Å². The molecule has 2 aromatic rings. The van der Waals surface area contributed by atoms with Crippen molar-refractivity contribution in [2.75, 3.05) is 26.2 Å². The molecule has 1 aliphatic heterocycles. The summed E-state index contributed by atoms with van der Waals surface area (Å²) < 4.78 is 0. The largest absolute Gasteiger partial charge is 0.394 e. The fraction of sp³-hybridized carbons (Fsp3) is 0.391. The molecule has 0 saturated carbocycles. The molecule has 1 fully saturated rings. The highest BCUT2D eigenvalue weighted by Crippen LogP contribution is 2.15. The molecule has 0 spiro atoms. The Morgan fingerprint density at radius 3 is 2.50 bits per heavy atom. The van der Waals surface area contributed by atoms with Gasteiger partial charge in [0.1, 0.15) is 0 Å². The summed E-state index contributed by atoms with van der Waals surface area (Å²) in [6.07, 6.45) is 1.26. The molecule has 0 bridgehead atoms. The van der Waals surface area contributed by atoms with Crippen LogP contribution in [0.3, 0.4) is 0 Å². The fourth-order valence-electron chi connectivity index (χ4n) is 3.74. The average Bonchev–Trinajstić information content (AvgIpc) is 2.89. The number of aliphatic hydroxyl groups is 1. The Bertz CT molecular complexity index is 807. The number of benzene rings is 2. The second-order valence-electron chi connectivity index (χ2n) is 7.41. The van der Waals surface area contributed by atoms with Crippen molar-refractivity contribution in [2.24, 2.45) is 0 Å². The van der Waals surface area contributed by atoms with Gasteiger partial charge in [-0.25, -0.2) is 0 Å². The van der Waals surface area contributed by atoms with E-state index in [0.717, 1.165) is 16.7 Å². The Hall–Kier alpha value is -2.66. The van der Waals surface area contributed by atoms with Crippen molar-refractivity contribution in [3.8, 4) is 0 Å². The Morgan fingerprint density at radius 1 is 1.04 bits per heavy atom. The predicted molar refractivity (Wildman–Crippen MR) is 109 cm³/mol. The van der Waals surface area contributed by atoms with Crippen LogP contribution >= 0.6 is 0 Å². The van der Waals surface area contributed by atoms with Gasteiger partial charge in [0.15, 0.2) is 0 Å². The molecule has 5 nitrogen and oxygen atoms in total. The van der Waals surface area contributed by atoms with Gasteiger partial charge in [-0.1, -0.05) is 60.2 Å². The van der Waals surface area contributed by atoms with E-state index in [-0.39, 0.29) is 24.5 Å². The zero-order valence-electron chi connectivity index (χ0n) is 16.4. The summed E-state index contributed by atoms with van der Waals surface area (Å²) >= 11 is 0. The van der Waals surface area contributed by atoms with Crippen molar-refractivity contribution in [1.29, 1.82) is 0 Å². The Kier molecular flexibility index (Phi) is 6.82. The average molecular weight is 380 g/mol. The van der Waals surface area contributed by atoms with E-state index in [1.54, 1.807) is 9.80 Å². The molecule has 1 heterocycles. The minimum absolute atomic E-state index is 0.000775. The number of rotatable bonds is 6. The number of nitrogens with zero attached hydrogens (tertiary/aromatic N) is 2. The van der Waals surface area contributed by atoms with Crippen molar-refractivity contribution in [1.82, 2.24) is 9.80 Å². The van der Waals surface area contributed by atoms with Gasteiger partial charge in [-0.15, -0.1) is 0 Å². The summed E-state index contributed by atoms with van der Waals surface area (Å²) in [6, 6.07) is 17.6. The number of aliphatic hydroxyl groups excluding tert-OH is 1. The second kappa shape index (κ2) is 9.51. The third-order valence-electron chi connectivity index (χ3n) is 5.28. The number of hydrogen-bond acceptors (Lipinski definition) is 3. The van der Waals surface area contributed by atoms with Crippen molar-refractivity contribution in [3.05, 3.63) is 71.3 Å². The molecule has 5 heteroatoms. The van der Waals surface area contributed by atoms with Crippen molar-refractivity contribution < 1.29 is 14.7 Å². The third-order valence-corrected chi connectivity index (χ3v) is 5.28. The molecule has 148 valence electrons. The summed E-state index contributed by atoms with van der Waals surface area (Å²) in [5.74, 6) is 0.0460. The molecular formula is C23H28N2O3. The van der Waals surface area contributed by atoms with Crippen molar-refractivity contribution in [2.45, 2.75) is 32.2 Å². The van der Waals surface area contributed by atoms with E-state index in [4.69, 9.17) is 0 Å². The number of aryl methyl sites for hydroxylation is 1. The molecule has 1 N–H and O–H groups in total. The maximum Gasteiger partial charge on any atom is 0.227 e. The second-order valence-corrected chi connectivity index (χ2v) is 7.41. The van der Waals surface area contributed by atoms with Crippen LogP contribution < -0.4 is 0 Å². The molecule has 1 atom stereocenters. The number of hydrogen-bond donors (Lipinski definition) is 1. The van der Waals surface area contributed by atoms with Crippen LogP contribution in [-0.2, 0) is 22.4 Å². The van der Waals surface area contributed by atoms with E-state index >= 15 is 0 Å². The van der Waals surface area contributed by atoms with E-state index in [0.29, 0.717) is 38.9 Å². The van der Waals surface area contributed by atoms with Gasteiger partial charge in [0.2, 0.25) is 11.8 Å². The molecule has 0 aliphatic carbocycles. The molecule has 2 amide bonds. The van der Waals surface area contributed by atoms with Crippen LogP contribution in [0.15, 0.2) is 54.6 Å². The molecule has 28 heavy (non-hydrogen) atoms. The van der Waals surface area contributed by atoms with Gasteiger partial charge in [-0.2, -0.15) is 0 Å². The zero-order chi connectivity index (χ0) is 19.9. The molecule has 0 radical (unpaired) electrons. The molecule has 1 aliphatic rings. The summed E-state index contributed by atoms with van der Waals surface area (Å²) in [6.45, 7) is 3.32. The number of carbonyl (C=O) groups excluding carboxylic acids is 2. The third kappa shape index (κ3) is 5.20. The molecule has 1 saturated heterocycles. The summed E-state index contributed by atoms with van der Waals surface area (Å²) in [4.78, 5) is 28.9. The van der Waals surface area contributed by atoms with E-state index in [1.807, 2.05) is 61.5 Å². The lowest BCUT2D eigenvalue weighted by atomic mass is 10.0. The molecule has 2 aromatic carbocycles. The highest BCUT2D eigenvalue weighted by atomic mass is 16.3. The van der Waals surface area contributed by atoms with Crippen LogP contribution in [0, 0.1) is 6.92 Å².